The number of unbranched alkanes of at least 4 members (excludes halogenated alkanes) is 3. The topological polar surface area (TPSA) is 0 Å². The van der Waals surface area contributed by atoms with Crippen LogP contribution in [-0.4, -0.2) is 0 Å². The number of hydrogen-bond donors (Lipinski definition) is 0. The van der Waals surface area contributed by atoms with E-state index in [1.165, 1.54) is 44.9 Å². The lowest BCUT2D eigenvalue weighted by molar-refractivity contribution is 0.170. The predicted molar refractivity (Wildman–Crippen MR) is 66.6 cm³/mol. The molecular formula is C14H30. The minimum absolute atomic E-state index is 0.589. The SMILES string of the molecule is CCCCCCC(C)C(C)(CC)CC. The molecule has 0 amide bonds. The van der Waals surface area contributed by atoms with E-state index in [9.17, 15) is 0 Å². The van der Waals surface area contributed by atoms with Crippen LogP contribution in [0.1, 0.15) is 79.6 Å². The van der Waals surface area contributed by atoms with Gasteiger partial charge in [0.2, 0.25) is 0 Å². The van der Waals surface area contributed by atoms with Gasteiger partial charge in [-0.2, -0.15) is 0 Å². The van der Waals surface area contributed by atoms with Gasteiger partial charge in [-0.3, -0.25) is 0 Å². The van der Waals surface area contributed by atoms with E-state index in [1.807, 2.05) is 0 Å². The highest BCUT2D eigenvalue weighted by molar-refractivity contribution is 4.77. The average Bonchev–Trinajstić information content (AvgIpc) is 2.22. The molecule has 1 unspecified atom stereocenters. The molecule has 0 heteroatoms. The summed E-state index contributed by atoms with van der Waals surface area (Å²) in [6.07, 6.45) is 9.74. The van der Waals surface area contributed by atoms with Gasteiger partial charge in [0.05, 0.1) is 0 Å². The molecule has 0 aliphatic rings. The quantitative estimate of drug-likeness (QED) is 0.457. The summed E-state index contributed by atoms with van der Waals surface area (Å²) in [5, 5.41) is 0. The van der Waals surface area contributed by atoms with Crippen LogP contribution < -0.4 is 0 Å². The van der Waals surface area contributed by atoms with E-state index >= 15 is 0 Å². The molecule has 0 heterocycles. The molecule has 0 bridgehead atoms. The first kappa shape index (κ1) is 14.0. The largest absolute Gasteiger partial charge is 0.0654 e. The summed E-state index contributed by atoms with van der Waals surface area (Å²) >= 11 is 0. The van der Waals surface area contributed by atoms with Crippen LogP contribution in [0.4, 0.5) is 0 Å². The summed E-state index contributed by atoms with van der Waals surface area (Å²) in [5.41, 5.74) is 0.589. The molecule has 1 atom stereocenters. The molecule has 86 valence electrons. The lowest BCUT2D eigenvalue weighted by Gasteiger charge is -2.34. The average molecular weight is 198 g/mol. The van der Waals surface area contributed by atoms with Crippen molar-refractivity contribution in [2.45, 2.75) is 79.6 Å². The summed E-state index contributed by atoms with van der Waals surface area (Å²) in [6.45, 7) is 11.9. The van der Waals surface area contributed by atoms with E-state index < -0.39 is 0 Å². The summed E-state index contributed by atoms with van der Waals surface area (Å²) in [6, 6.07) is 0. The van der Waals surface area contributed by atoms with Crippen LogP contribution in [0.3, 0.4) is 0 Å². The zero-order chi connectivity index (χ0) is 11.0. The minimum atomic E-state index is 0.589. The highest BCUT2D eigenvalue weighted by atomic mass is 14.3. The Kier molecular flexibility index (Phi) is 7.31. The Morgan fingerprint density at radius 3 is 1.93 bits per heavy atom. The summed E-state index contributed by atoms with van der Waals surface area (Å²) < 4.78 is 0. The van der Waals surface area contributed by atoms with Crippen LogP contribution in [0.2, 0.25) is 0 Å². The maximum atomic E-state index is 2.46. The molecule has 0 aromatic heterocycles. The molecule has 0 aromatic carbocycles. The predicted octanol–water partition coefficient (Wildman–Crippen LogP) is 5.42. The van der Waals surface area contributed by atoms with Crippen molar-refractivity contribution in [3.05, 3.63) is 0 Å². The van der Waals surface area contributed by atoms with E-state index in [2.05, 4.69) is 34.6 Å². The van der Waals surface area contributed by atoms with Crippen molar-refractivity contribution in [1.29, 1.82) is 0 Å². The molecule has 0 saturated heterocycles. The third kappa shape index (κ3) is 4.48. The Hall–Kier alpha value is 0. The maximum absolute atomic E-state index is 2.46. The lowest BCUT2D eigenvalue weighted by atomic mass is 9.72. The van der Waals surface area contributed by atoms with Gasteiger partial charge in [0.25, 0.3) is 0 Å². The standard InChI is InChI=1S/C14H30/c1-6-9-10-11-12-13(4)14(5,7-2)8-3/h13H,6-12H2,1-5H3. The van der Waals surface area contributed by atoms with E-state index in [0.717, 1.165) is 5.92 Å². The van der Waals surface area contributed by atoms with Crippen LogP contribution in [0.5, 0.6) is 0 Å². The van der Waals surface area contributed by atoms with Crippen LogP contribution >= 0.6 is 0 Å². The van der Waals surface area contributed by atoms with Gasteiger partial charge in [-0.1, -0.05) is 79.6 Å². The smallest absolute Gasteiger partial charge is 0.0305 e. The molecule has 0 saturated carbocycles. The highest BCUT2D eigenvalue weighted by Gasteiger charge is 2.26. The van der Waals surface area contributed by atoms with Gasteiger partial charge < -0.3 is 0 Å². The first-order chi connectivity index (χ1) is 6.60. The van der Waals surface area contributed by atoms with Crippen LogP contribution in [-0.2, 0) is 0 Å². The van der Waals surface area contributed by atoms with Gasteiger partial charge in [0, 0.05) is 0 Å². The minimum Gasteiger partial charge on any atom is -0.0654 e. The fourth-order valence-electron chi connectivity index (χ4n) is 2.17. The van der Waals surface area contributed by atoms with Gasteiger partial charge in [-0.25, -0.2) is 0 Å². The van der Waals surface area contributed by atoms with Crippen molar-refractivity contribution in [2.75, 3.05) is 0 Å². The molecule has 0 fully saturated rings. The lowest BCUT2D eigenvalue weighted by Crippen LogP contribution is -2.23. The molecule has 0 aromatic rings. The van der Waals surface area contributed by atoms with Crippen LogP contribution in [0.15, 0.2) is 0 Å². The highest BCUT2D eigenvalue weighted by Crippen LogP contribution is 2.37. The van der Waals surface area contributed by atoms with Crippen LogP contribution in [0, 0.1) is 11.3 Å². The molecule has 0 aliphatic heterocycles. The van der Waals surface area contributed by atoms with Gasteiger partial charge in [0.15, 0.2) is 0 Å². The Bertz CT molecular complexity index is 122. The Balaban J connectivity index is 3.75. The van der Waals surface area contributed by atoms with Crippen LogP contribution in [0.25, 0.3) is 0 Å². The first-order valence-corrected chi connectivity index (χ1v) is 6.60. The third-order valence-corrected chi connectivity index (χ3v) is 4.30. The summed E-state index contributed by atoms with van der Waals surface area (Å²) in [7, 11) is 0. The second-order valence-electron chi connectivity index (χ2n) is 5.11. The van der Waals surface area contributed by atoms with E-state index in [1.54, 1.807) is 0 Å². The summed E-state index contributed by atoms with van der Waals surface area (Å²) in [4.78, 5) is 0. The number of rotatable bonds is 8. The molecule has 0 spiro atoms. The monoisotopic (exact) mass is 198 g/mol. The van der Waals surface area contributed by atoms with E-state index in [-0.39, 0.29) is 0 Å². The second kappa shape index (κ2) is 7.31. The van der Waals surface area contributed by atoms with Crippen molar-refractivity contribution in [3.8, 4) is 0 Å². The van der Waals surface area contributed by atoms with Crippen molar-refractivity contribution in [2.24, 2.45) is 11.3 Å². The van der Waals surface area contributed by atoms with E-state index in [4.69, 9.17) is 0 Å². The summed E-state index contributed by atoms with van der Waals surface area (Å²) in [5.74, 6) is 0.898. The van der Waals surface area contributed by atoms with E-state index in [0.29, 0.717) is 5.41 Å². The first-order valence-electron chi connectivity index (χ1n) is 6.60. The molecule has 0 nitrogen and oxygen atoms in total. The van der Waals surface area contributed by atoms with Crippen molar-refractivity contribution in [1.82, 2.24) is 0 Å². The van der Waals surface area contributed by atoms with Gasteiger partial charge in [-0.15, -0.1) is 0 Å². The van der Waals surface area contributed by atoms with Crippen molar-refractivity contribution < 1.29 is 0 Å². The molecule has 0 radical (unpaired) electrons. The Morgan fingerprint density at radius 2 is 1.50 bits per heavy atom. The van der Waals surface area contributed by atoms with Crippen molar-refractivity contribution >= 4 is 0 Å². The normalized spacial score (nSPS) is 14.4. The molecule has 0 N–H and O–H groups in total. The van der Waals surface area contributed by atoms with Gasteiger partial charge >= 0.3 is 0 Å². The van der Waals surface area contributed by atoms with Gasteiger partial charge in [0.1, 0.15) is 0 Å². The molecule has 0 aliphatic carbocycles. The molecular weight excluding hydrogens is 168 g/mol. The maximum Gasteiger partial charge on any atom is -0.0305 e. The third-order valence-electron chi connectivity index (χ3n) is 4.30. The zero-order valence-electron chi connectivity index (χ0n) is 11.0. The molecule has 14 heavy (non-hydrogen) atoms. The fraction of sp³-hybridized carbons (Fsp3) is 1.00. The zero-order valence-corrected chi connectivity index (χ0v) is 11.0. The second-order valence-corrected chi connectivity index (χ2v) is 5.11. The molecule has 0 rings (SSSR count). The Morgan fingerprint density at radius 1 is 0.929 bits per heavy atom. The van der Waals surface area contributed by atoms with Gasteiger partial charge in [-0.05, 0) is 11.3 Å². The fourth-order valence-corrected chi connectivity index (χ4v) is 2.17. The van der Waals surface area contributed by atoms with Crippen molar-refractivity contribution in [3.63, 3.8) is 0 Å². The number of hydrogen-bond acceptors (Lipinski definition) is 0. The Labute approximate surface area is 91.5 Å².